The molecule has 1 amide bonds. The quantitative estimate of drug-likeness (QED) is 0.335. The Labute approximate surface area is 237 Å². The van der Waals surface area contributed by atoms with Crippen LogP contribution in [0, 0.1) is 6.92 Å². The van der Waals surface area contributed by atoms with E-state index in [0.717, 1.165) is 12.0 Å². The van der Waals surface area contributed by atoms with Crippen LogP contribution in [0.1, 0.15) is 35.0 Å². The van der Waals surface area contributed by atoms with Gasteiger partial charge in [-0.25, -0.2) is 17.9 Å². The molecule has 1 atom stereocenters. The van der Waals surface area contributed by atoms with Crippen molar-refractivity contribution in [3.63, 3.8) is 0 Å². The lowest BCUT2D eigenvalue weighted by Gasteiger charge is -2.30. The average Bonchev–Trinajstić information content (AvgIpc) is 3.19. The molecule has 1 aromatic heterocycles. The molecule has 0 bridgehead atoms. The van der Waals surface area contributed by atoms with Crippen LogP contribution in [0.5, 0.6) is 0 Å². The third-order valence-corrected chi connectivity index (χ3v) is 8.99. The second-order valence-corrected chi connectivity index (χ2v) is 11.7. The maximum absolute atomic E-state index is 13.5. The van der Waals surface area contributed by atoms with E-state index in [1.807, 2.05) is 18.2 Å². The fraction of sp³-hybridized carbons (Fsp3) is 0.233. The van der Waals surface area contributed by atoms with Crippen LogP contribution in [-0.2, 0) is 33.0 Å². The van der Waals surface area contributed by atoms with Crippen molar-refractivity contribution in [2.75, 3.05) is 16.2 Å². The van der Waals surface area contributed by atoms with Gasteiger partial charge in [0, 0.05) is 13.6 Å². The fourth-order valence-corrected chi connectivity index (χ4v) is 6.47. The number of carbonyl (C=O) groups is 2. The van der Waals surface area contributed by atoms with Crippen LogP contribution in [0.2, 0.25) is 0 Å². The Hall–Kier alpha value is -4.64. The van der Waals surface area contributed by atoms with Crippen molar-refractivity contribution >= 4 is 33.3 Å². The van der Waals surface area contributed by atoms with Gasteiger partial charge in [-0.3, -0.25) is 18.6 Å². The van der Waals surface area contributed by atoms with Crippen LogP contribution < -0.4 is 15.2 Å². The van der Waals surface area contributed by atoms with Gasteiger partial charge >= 0.3 is 5.97 Å². The highest BCUT2D eigenvalue weighted by Crippen LogP contribution is 2.32. The number of rotatable bonds is 7. The lowest BCUT2D eigenvalue weighted by molar-refractivity contribution is -0.123. The Morgan fingerprint density at radius 2 is 1.68 bits per heavy atom. The molecule has 0 aliphatic carbocycles. The van der Waals surface area contributed by atoms with Gasteiger partial charge in [0.25, 0.3) is 21.5 Å². The molecule has 0 radical (unpaired) electrons. The highest BCUT2D eigenvalue weighted by atomic mass is 32.2. The molecule has 1 aliphatic heterocycles. The maximum atomic E-state index is 13.5. The molecule has 11 heteroatoms. The van der Waals surface area contributed by atoms with Crippen molar-refractivity contribution in [2.24, 2.45) is 7.05 Å². The molecule has 4 aromatic rings. The van der Waals surface area contributed by atoms with Gasteiger partial charge in [-0.15, -0.1) is 0 Å². The number of fused-ring (bicyclic) bond motifs is 1. The third kappa shape index (κ3) is 5.28. The predicted octanol–water partition coefficient (Wildman–Crippen LogP) is 3.81. The number of hydrogen-bond donors (Lipinski definition) is 1. The van der Waals surface area contributed by atoms with E-state index in [0.29, 0.717) is 30.0 Å². The minimum Gasteiger partial charge on any atom is -0.449 e. The number of aromatic nitrogens is 2. The number of sulfonamides is 1. The van der Waals surface area contributed by atoms with Crippen LogP contribution in [0.4, 0.5) is 11.4 Å². The van der Waals surface area contributed by atoms with E-state index in [1.165, 1.54) is 40.2 Å². The molecule has 0 saturated heterocycles. The molecule has 1 aliphatic rings. The summed E-state index contributed by atoms with van der Waals surface area (Å²) < 4.78 is 36.8. The first-order valence-corrected chi connectivity index (χ1v) is 14.6. The zero-order valence-electron chi connectivity index (χ0n) is 22.9. The van der Waals surface area contributed by atoms with Crippen molar-refractivity contribution in [3.05, 3.63) is 106 Å². The molecule has 1 N–H and O–H groups in total. The number of amides is 1. The summed E-state index contributed by atoms with van der Waals surface area (Å²) in [5.41, 5.74) is 2.34. The molecule has 2 heterocycles. The molecule has 1 unspecified atom stereocenters. The number of carbonyl (C=O) groups excluding carboxylic acids is 2. The van der Waals surface area contributed by atoms with Gasteiger partial charge in [0.15, 0.2) is 6.10 Å². The first kappa shape index (κ1) is 27.9. The second-order valence-electron chi connectivity index (χ2n) is 9.81. The van der Waals surface area contributed by atoms with E-state index in [1.54, 1.807) is 55.1 Å². The van der Waals surface area contributed by atoms with Crippen molar-refractivity contribution in [1.82, 2.24) is 9.36 Å². The van der Waals surface area contributed by atoms with Crippen molar-refractivity contribution in [2.45, 2.75) is 37.7 Å². The number of ether oxygens (including phenoxy) is 1. The molecule has 212 valence electrons. The van der Waals surface area contributed by atoms with E-state index in [-0.39, 0.29) is 16.1 Å². The van der Waals surface area contributed by atoms with Crippen molar-refractivity contribution in [1.29, 1.82) is 0 Å². The average molecular weight is 575 g/mol. The maximum Gasteiger partial charge on any atom is 0.338 e. The largest absolute Gasteiger partial charge is 0.449 e. The van der Waals surface area contributed by atoms with Gasteiger partial charge in [-0.1, -0.05) is 42.5 Å². The number of anilines is 2. The van der Waals surface area contributed by atoms with Gasteiger partial charge in [-0.2, -0.15) is 0 Å². The highest BCUT2D eigenvalue weighted by Gasteiger charge is 2.30. The van der Waals surface area contributed by atoms with Crippen molar-refractivity contribution in [3.8, 4) is 5.69 Å². The number of esters is 1. The SMILES string of the molecule is Cc1c(NC(=O)C(C)OC(=O)c2cccc(S(=O)(=O)N3CCCc4ccccc43)c2)c(=O)n(-c2ccccc2)n1C. The van der Waals surface area contributed by atoms with E-state index < -0.39 is 33.6 Å². The van der Waals surface area contributed by atoms with Gasteiger partial charge in [0.2, 0.25) is 0 Å². The summed E-state index contributed by atoms with van der Waals surface area (Å²) in [4.78, 5) is 39.0. The molecule has 41 heavy (non-hydrogen) atoms. The van der Waals surface area contributed by atoms with E-state index >= 15 is 0 Å². The summed E-state index contributed by atoms with van der Waals surface area (Å²) in [6.07, 6.45) is 0.208. The minimum atomic E-state index is -3.94. The molecule has 0 fully saturated rings. The highest BCUT2D eigenvalue weighted by molar-refractivity contribution is 7.92. The summed E-state index contributed by atoms with van der Waals surface area (Å²) in [6, 6.07) is 21.9. The van der Waals surface area contributed by atoms with Crippen LogP contribution >= 0.6 is 0 Å². The molecule has 3 aromatic carbocycles. The van der Waals surface area contributed by atoms with E-state index in [9.17, 15) is 22.8 Å². The van der Waals surface area contributed by atoms with Crippen LogP contribution in [0.15, 0.2) is 88.6 Å². The summed E-state index contributed by atoms with van der Waals surface area (Å²) in [6.45, 7) is 3.41. The summed E-state index contributed by atoms with van der Waals surface area (Å²) in [7, 11) is -2.24. The number of para-hydroxylation sites is 2. The Morgan fingerprint density at radius 3 is 2.44 bits per heavy atom. The number of hydrogen-bond acceptors (Lipinski definition) is 6. The van der Waals surface area contributed by atoms with Gasteiger partial charge < -0.3 is 10.1 Å². The van der Waals surface area contributed by atoms with Crippen LogP contribution in [0.25, 0.3) is 5.69 Å². The molecule has 10 nitrogen and oxygen atoms in total. The second kappa shape index (κ2) is 11.1. The van der Waals surface area contributed by atoms with Gasteiger partial charge in [0.1, 0.15) is 5.69 Å². The Morgan fingerprint density at radius 1 is 0.976 bits per heavy atom. The Bertz CT molecular complexity index is 1790. The summed E-state index contributed by atoms with van der Waals surface area (Å²) in [5.74, 6) is -1.56. The smallest absolute Gasteiger partial charge is 0.338 e. The summed E-state index contributed by atoms with van der Waals surface area (Å²) in [5, 5.41) is 2.58. The first-order valence-electron chi connectivity index (χ1n) is 13.2. The van der Waals surface area contributed by atoms with E-state index in [2.05, 4.69) is 5.32 Å². The molecule has 0 saturated carbocycles. The topological polar surface area (TPSA) is 120 Å². The zero-order valence-corrected chi connectivity index (χ0v) is 23.7. The molecular formula is C30H30N4O6S. The number of aryl methyl sites for hydroxylation is 1. The lowest BCUT2D eigenvalue weighted by Crippen LogP contribution is -2.35. The molecule has 5 rings (SSSR count). The van der Waals surface area contributed by atoms with E-state index in [4.69, 9.17) is 4.74 Å². The van der Waals surface area contributed by atoms with Crippen LogP contribution in [0.3, 0.4) is 0 Å². The first-order chi connectivity index (χ1) is 19.6. The number of nitrogens with zero attached hydrogens (tertiary/aromatic N) is 3. The lowest BCUT2D eigenvalue weighted by atomic mass is 10.0. The number of benzene rings is 3. The normalized spacial score (nSPS) is 13.8. The number of nitrogens with one attached hydrogen (secondary N) is 1. The standard InChI is InChI=1S/C30H30N4O6S/c1-20-27(29(36)34(32(20)3)24-14-5-4-6-15-24)31-28(35)21(2)40-30(37)23-12-9-16-25(19-23)41(38,39)33-18-10-13-22-11-7-8-17-26(22)33/h4-9,11-12,14-17,19,21H,10,13,18H2,1-3H3,(H,31,35). The minimum absolute atomic E-state index is 0.0154. The third-order valence-electron chi connectivity index (χ3n) is 7.18. The monoisotopic (exact) mass is 574 g/mol. The Balaban J connectivity index is 1.32. The molecule has 0 spiro atoms. The zero-order chi connectivity index (χ0) is 29.3. The summed E-state index contributed by atoms with van der Waals surface area (Å²) >= 11 is 0. The predicted molar refractivity (Wildman–Crippen MR) is 155 cm³/mol. The Kier molecular flexibility index (Phi) is 7.55. The fourth-order valence-electron chi connectivity index (χ4n) is 4.88. The van der Waals surface area contributed by atoms with Crippen LogP contribution in [-0.4, -0.2) is 42.3 Å². The van der Waals surface area contributed by atoms with Crippen molar-refractivity contribution < 1.29 is 22.7 Å². The molecular weight excluding hydrogens is 544 g/mol. The van der Waals surface area contributed by atoms with Gasteiger partial charge in [-0.05, 0) is 68.7 Å². The van der Waals surface area contributed by atoms with Gasteiger partial charge in [0.05, 0.1) is 27.5 Å².